The fourth-order valence-corrected chi connectivity index (χ4v) is 3.29. The molecule has 0 bridgehead atoms. The molecule has 0 aliphatic heterocycles. The van der Waals surface area contributed by atoms with Crippen LogP contribution in [0.15, 0.2) is 40.8 Å². The van der Waals surface area contributed by atoms with Gasteiger partial charge in [0.15, 0.2) is 13.1 Å². The molecule has 3 aromatic rings. The highest BCUT2D eigenvalue weighted by molar-refractivity contribution is 6.07. The molecular weight excluding hydrogens is 370 g/mol. The first-order valence-corrected chi connectivity index (χ1v) is 9.58. The summed E-state index contributed by atoms with van der Waals surface area (Å²) >= 11 is 0. The Bertz CT molecular complexity index is 1050. The standard InChI is InChI=1S/C22H27N3O4/c1-22(2,3)24-21(27)13-25(4)12-20(26)23-16-11-18-15(10-19(16)28-5)14-8-6-7-9-17(14)29-18/h6-11H,12-13H2,1-5H3,(H,23,26)(H,24,27)/p+1. The van der Waals surface area contributed by atoms with E-state index in [2.05, 4.69) is 10.6 Å². The molecule has 0 aliphatic carbocycles. The van der Waals surface area contributed by atoms with Crippen LogP contribution in [0, 0.1) is 0 Å². The van der Waals surface area contributed by atoms with E-state index in [1.165, 1.54) is 0 Å². The van der Waals surface area contributed by atoms with Crippen LogP contribution in [0.2, 0.25) is 0 Å². The van der Waals surface area contributed by atoms with Crippen LogP contribution in [0.4, 0.5) is 5.69 Å². The Labute approximate surface area is 170 Å². The summed E-state index contributed by atoms with van der Waals surface area (Å²) in [6.45, 7) is 6.14. The number of fused-ring (bicyclic) bond motifs is 3. The fraction of sp³-hybridized carbons (Fsp3) is 0.364. The lowest BCUT2D eigenvalue weighted by molar-refractivity contribution is -0.862. The number of ether oxygens (including phenoxy) is 1. The minimum atomic E-state index is -0.297. The number of likely N-dealkylation sites (N-methyl/N-ethyl adjacent to an activating group) is 1. The zero-order valence-electron chi connectivity index (χ0n) is 17.5. The molecule has 1 aromatic heterocycles. The minimum Gasteiger partial charge on any atom is -0.495 e. The second-order valence-electron chi connectivity index (χ2n) is 8.30. The summed E-state index contributed by atoms with van der Waals surface area (Å²) in [6, 6.07) is 11.4. The molecule has 0 saturated heterocycles. The van der Waals surface area contributed by atoms with Gasteiger partial charge in [-0.1, -0.05) is 18.2 Å². The first-order chi connectivity index (χ1) is 13.7. The van der Waals surface area contributed by atoms with Gasteiger partial charge in [0.2, 0.25) is 0 Å². The van der Waals surface area contributed by atoms with E-state index in [0.717, 1.165) is 21.3 Å². The highest BCUT2D eigenvalue weighted by Crippen LogP contribution is 2.36. The second-order valence-corrected chi connectivity index (χ2v) is 8.30. The van der Waals surface area contributed by atoms with E-state index in [1.807, 2.05) is 58.2 Å². The van der Waals surface area contributed by atoms with E-state index in [9.17, 15) is 9.59 Å². The van der Waals surface area contributed by atoms with Crippen molar-refractivity contribution in [2.75, 3.05) is 32.6 Å². The molecule has 2 aromatic carbocycles. The summed E-state index contributed by atoms with van der Waals surface area (Å²) in [6.07, 6.45) is 0. The second kappa shape index (κ2) is 8.13. The van der Waals surface area contributed by atoms with Crippen LogP contribution in [-0.2, 0) is 9.59 Å². The van der Waals surface area contributed by atoms with Crippen molar-refractivity contribution in [3.05, 3.63) is 36.4 Å². The minimum absolute atomic E-state index is 0.0934. The Morgan fingerprint density at radius 3 is 2.41 bits per heavy atom. The van der Waals surface area contributed by atoms with Crippen LogP contribution >= 0.6 is 0 Å². The molecule has 1 heterocycles. The Balaban J connectivity index is 1.72. The molecule has 0 saturated carbocycles. The van der Waals surface area contributed by atoms with Crippen molar-refractivity contribution in [1.82, 2.24) is 5.32 Å². The number of anilines is 1. The van der Waals surface area contributed by atoms with Gasteiger partial charge in [-0.25, -0.2) is 0 Å². The number of amides is 2. The van der Waals surface area contributed by atoms with Crippen LogP contribution in [0.25, 0.3) is 21.9 Å². The van der Waals surface area contributed by atoms with Gasteiger partial charge in [-0.15, -0.1) is 0 Å². The summed E-state index contributed by atoms with van der Waals surface area (Å²) in [5, 5.41) is 7.70. The lowest BCUT2D eigenvalue weighted by atomic mass is 10.1. The summed E-state index contributed by atoms with van der Waals surface area (Å²) in [4.78, 5) is 25.3. The Hall–Kier alpha value is -3.06. The van der Waals surface area contributed by atoms with Gasteiger partial charge in [0.25, 0.3) is 11.8 Å². The maximum atomic E-state index is 12.5. The largest absolute Gasteiger partial charge is 0.495 e. The van der Waals surface area contributed by atoms with Gasteiger partial charge in [-0.05, 0) is 32.9 Å². The Morgan fingerprint density at radius 2 is 1.72 bits per heavy atom. The van der Waals surface area contributed by atoms with E-state index in [4.69, 9.17) is 9.15 Å². The van der Waals surface area contributed by atoms with Crippen LogP contribution in [0.1, 0.15) is 20.8 Å². The van der Waals surface area contributed by atoms with Gasteiger partial charge >= 0.3 is 0 Å². The number of hydrogen-bond acceptors (Lipinski definition) is 4. The van der Waals surface area contributed by atoms with Crippen molar-refractivity contribution in [2.45, 2.75) is 26.3 Å². The molecule has 1 unspecified atom stereocenters. The van der Waals surface area contributed by atoms with Crippen molar-refractivity contribution in [1.29, 1.82) is 0 Å². The lowest BCUT2D eigenvalue weighted by Gasteiger charge is -2.21. The van der Waals surface area contributed by atoms with E-state index in [0.29, 0.717) is 17.0 Å². The molecule has 7 heteroatoms. The van der Waals surface area contributed by atoms with Gasteiger partial charge in [0, 0.05) is 22.4 Å². The number of hydrogen-bond donors (Lipinski definition) is 3. The van der Waals surface area contributed by atoms with E-state index >= 15 is 0 Å². The highest BCUT2D eigenvalue weighted by Gasteiger charge is 2.20. The fourth-order valence-electron chi connectivity index (χ4n) is 3.29. The first kappa shape index (κ1) is 20.7. The Kier molecular flexibility index (Phi) is 5.79. The normalized spacial score (nSPS) is 12.7. The molecule has 3 rings (SSSR count). The number of furan rings is 1. The third kappa shape index (κ3) is 5.06. The number of nitrogens with one attached hydrogen (secondary N) is 3. The third-order valence-corrected chi connectivity index (χ3v) is 4.41. The van der Waals surface area contributed by atoms with Crippen LogP contribution in [0.3, 0.4) is 0 Å². The monoisotopic (exact) mass is 398 g/mol. The molecule has 7 nitrogen and oxygen atoms in total. The van der Waals surface area contributed by atoms with Crippen molar-refractivity contribution in [3.63, 3.8) is 0 Å². The van der Waals surface area contributed by atoms with Crippen molar-refractivity contribution in [3.8, 4) is 5.75 Å². The van der Waals surface area contributed by atoms with Crippen LogP contribution in [0.5, 0.6) is 5.75 Å². The molecular formula is C22H28N3O4+. The third-order valence-electron chi connectivity index (χ3n) is 4.41. The molecule has 0 spiro atoms. The maximum absolute atomic E-state index is 12.5. The molecule has 0 aliphatic rings. The molecule has 0 radical (unpaired) electrons. The smallest absolute Gasteiger partial charge is 0.279 e. The number of rotatable bonds is 6. The lowest BCUT2D eigenvalue weighted by Crippen LogP contribution is -3.11. The van der Waals surface area contributed by atoms with Crippen molar-refractivity contribution < 1.29 is 23.6 Å². The van der Waals surface area contributed by atoms with Gasteiger partial charge in [-0.2, -0.15) is 0 Å². The summed E-state index contributed by atoms with van der Waals surface area (Å²) in [5.74, 6) is 0.254. The van der Waals surface area contributed by atoms with E-state index in [1.54, 1.807) is 13.2 Å². The number of benzene rings is 2. The molecule has 2 amide bonds. The Morgan fingerprint density at radius 1 is 1.03 bits per heavy atom. The summed E-state index contributed by atoms with van der Waals surface area (Å²) in [5.41, 5.74) is 1.69. The highest BCUT2D eigenvalue weighted by atomic mass is 16.5. The number of methoxy groups -OCH3 is 1. The average Bonchev–Trinajstić information content (AvgIpc) is 2.96. The molecule has 0 fully saturated rings. The number of carbonyl (C=O) groups excluding carboxylic acids is 2. The first-order valence-electron chi connectivity index (χ1n) is 9.58. The topological polar surface area (TPSA) is 85.0 Å². The summed E-state index contributed by atoms with van der Waals surface area (Å²) in [7, 11) is 3.37. The zero-order chi connectivity index (χ0) is 21.2. The summed E-state index contributed by atoms with van der Waals surface area (Å²) < 4.78 is 11.4. The van der Waals surface area contributed by atoms with E-state index < -0.39 is 0 Å². The van der Waals surface area contributed by atoms with Crippen LogP contribution in [-0.4, -0.2) is 44.6 Å². The zero-order valence-corrected chi connectivity index (χ0v) is 17.5. The van der Waals surface area contributed by atoms with Gasteiger partial charge in [0.1, 0.15) is 16.9 Å². The number of quaternary nitrogens is 1. The molecule has 154 valence electrons. The predicted octanol–water partition coefficient (Wildman–Crippen LogP) is 1.96. The van der Waals surface area contributed by atoms with E-state index in [-0.39, 0.29) is 30.4 Å². The quantitative estimate of drug-likeness (QED) is 0.593. The molecule has 3 N–H and O–H groups in total. The van der Waals surface area contributed by atoms with Gasteiger partial charge in [-0.3, -0.25) is 9.59 Å². The average molecular weight is 398 g/mol. The number of para-hydroxylation sites is 1. The van der Waals surface area contributed by atoms with Gasteiger partial charge < -0.3 is 24.7 Å². The predicted molar refractivity (Wildman–Crippen MR) is 113 cm³/mol. The van der Waals surface area contributed by atoms with Gasteiger partial charge in [0.05, 0.1) is 19.8 Å². The van der Waals surface area contributed by atoms with Crippen molar-refractivity contribution >= 4 is 39.4 Å². The number of carbonyl (C=O) groups is 2. The maximum Gasteiger partial charge on any atom is 0.279 e. The molecule has 29 heavy (non-hydrogen) atoms. The molecule has 1 atom stereocenters. The van der Waals surface area contributed by atoms with Crippen molar-refractivity contribution in [2.24, 2.45) is 0 Å². The van der Waals surface area contributed by atoms with Crippen LogP contribution < -0.4 is 20.3 Å². The SMILES string of the molecule is COc1cc2c(cc1NC(=O)C[NH+](C)CC(=O)NC(C)(C)C)oc1ccccc12.